The fourth-order valence-corrected chi connectivity index (χ4v) is 4.09. The van der Waals surface area contributed by atoms with Crippen molar-refractivity contribution < 1.29 is 32.7 Å². The molecular weight excluding hydrogens is 504 g/mol. The fourth-order valence-electron chi connectivity index (χ4n) is 4.09. The van der Waals surface area contributed by atoms with Crippen LogP contribution in [0.25, 0.3) is 0 Å². The second-order valence-corrected chi connectivity index (χ2v) is 9.07. The highest BCUT2D eigenvalue weighted by molar-refractivity contribution is 6.00. The molecule has 0 fully saturated rings. The third-order valence-electron chi connectivity index (χ3n) is 5.98. The number of Topliss-reactive ketones (excluding diaryl/α,β-unsaturated/α-hetero) is 1. The first-order chi connectivity index (χ1) is 18.2. The molecule has 1 aliphatic rings. The summed E-state index contributed by atoms with van der Waals surface area (Å²) in [4.78, 5) is 44.6. The van der Waals surface area contributed by atoms with Gasteiger partial charge in [0.15, 0.2) is 23.1 Å². The number of carbonyl (C=O) groups excluding carboxylic acids is 2. The lowest BCUT2D eigenvalue weighted by molar-refractivity contribution is 0.0566. The van der Waals surface area contributed by atoms with E-state index in [1.807, 2.05) is 13.8 Å². The number of aromatic hydroxyl groups is 1. The average Bonchev–Trinajstić information content (AvgIpc) is 3.38. The molecule has 1 N–H and O–H groups in total. The lowest BCUT2D eigenvalue weighted by atomic mass is 10.0. The van der Waals surface area contributed by atoms with Crippen molar-refractivity contribution in [1.82, 2.24) is 19.7 Å². The Morgan fingerprint density at radius 3 is 2.74 bits per heavy atom. The second kappa shape index (κ2) is 11.5. The molecule has 1 aromatic carbocycles. The fraction of sp³-hybridized carbons (Fsp3) is 0.400. The maximum absolute atomic E-state index is 14.0. The van der Waals surface area contributed by atoms with Crippen molar-refractivity contribution in [2.24, 2.45) is 0 Å². The van der Waals surface area contributed by atoms with Gasteiger partial charge in [-0.3, -0.25) is 24.1 Å². The molecule has 1 aliphatic heterocycles. The number of fused-ring (bicyclic) bond motifs is 1. The van der Waals surface area contributed by atoms with Crippen molar-refractivity contribution in [2.45, 2.75) is 45.8 Å². The molecule has 0 radical (unpaired) electrons. The van der Waals surface area contributed by atoms with E-state index >= 15 is 0 Å². The van der Waals surface area contributed by atoms with E-state index in [1.54, 1.807) is 5.01 Å². The van der Waals surface area contributed by atoms with Crippen LogP contribution in [0.4, 0.5) is 8.78 Å². The van der Waals surface area contributed by atoms with Crippen molar-refractivity contribution in [1.29, 1.82) is 0 Å². The van der Waals surface area contributed by atoms with Crippen molar-refractivity contribution in [3.05, 3.63) is 75.3 Å². The summed E-state index contributed by atoms with van der Waals surface area (Å²) in [6, 6.07) is 3.01. The summed E-state index contributed by atoms with van der Waals surface area (Å²) in [5.74, 6) is -3.44. The van der Waals surface area contributed by atoms with Gasteiger partial charge < -0.3 is 19.3 Å². The molecule has 0 aliphatic carbocycles. The maximum Gasteiger partial charge on any atom is 0.277 e. The maximum atomic E-state index is 14.0. The minimum atomic E-state index is -1.02. The third-order valence-corrected chi connectivity index (χ3v) is 5.98. The van der Waals surface area contributed by atoms with E-state index in [0.29, 0.717) is 19.1 Å². The minimum Gasteiger partial charge on any atom is -0.502 e. The van der Waals surface area contributed by atoms with Crippen molar-refractivity contribution in [2.75, 3.05) is 24.8 Å². The van der Waals surface area contributed by atoms with Crippen LogP contribution < -0.4 is 10.4 Å². The number of halogens is 2. The average molecular weight is 532 g/mol. The number of ketones is 1. The molecule has 38 heavy (non-hydrogen) atoms. The van der Waals surface area contributed by atoms with Crippen LogP contribution in [0.5, 0.6) is 5.75 Å². The number of amides is 1. The van der Waals surface area contributed by atoms with Gasteiger partial charge in [-0.15, -0.1) is 0 Å². The number of ether oxygens (including phenoxy) is 1. The largest absolute Gasteiger partial charge is 0.502 e. The van der Waals surface area contributed by atoms with Gasteiger partial charge in [0.05, 0.1) is 11.7 Å². The van der Waals surface area contributed by atoms with E-state index in [4.69, 9.17) is 9.26 Å². The van der Waals surface area contributed by atoms with Crippen LogP contribution in [-0.2, 0) is 17.7 Å². The van der Waals surface area contributed by atoms with E-state index in [-0.39, 0.29) is 61.3 Å². The van der Waals surface area contributed by atoms with Gasteiger partial charge in [-0.25, -0.2) is 8.78 Å². The molecule has 11 nitrogen and oxygen atoms in total. The first-order valence-electron chi connectivity index (χ1n) is 12.0. The Balaban J connectivity index is 1.62. The summed E-state index contributed by atoms with van der Waals surface area (Å²) >= 11 is 0. The lowest BCUT2D eigenvalue weighted by Crippen LogP contribution is -2.54. The Bertz CT molecular complexity index is 1380. The highest BCUT2D eigenvalue weighted by Gasteiger charge is 2.34. The lowest BCUT2D eigenvalue weighted by Gasteiger charge is -2.39. The van der Waals surface area contributed by atoms with E-state index < -0.39 is 34.5 Å². The Hall–Kier alpha value is -4.13. The van der Waals surface area contributed by atoms with Gasteiger partial charge in [-0.05, 0) is 38.3 Å². The van der Waals surface area contributed by atoms with Gasteiger partial charge in [0.25, 0.3) is 5.91 Å². The first kappa shape index (κ1) is 26.9. The summed E-state index contributed by atoms with van der Waals surface area (Å²) < 4.78 is 38.7. The van der Waals surface area contributed by atoms with Crippen LogP contribution in [0.2, 0.25) is 0 Å². The van der Waals surface area contributed by atoms with E-state index in [9.17, 15) is 28.3 Å². The predicted octanol–water partition coefficient (Wildman–Crippen LogP) is 2.40. The number of hydrogen-bond acceptors (Lipinski definition) is 9. The van der Waals surface area contributed by atoms with Crippen LogP contribution in [0.1, 0.15) is 58.9 Å². The van der Waals surface area contributed by atoms with E-state index in [2.05, 4.69) is 10.1 Å². The molecule has 0 atom stereocenters. The molecule has 1 amide bonds. The number of benzene rings is 1. The van der Waals surface area contributed by atoms with Gasteiger partial charge in [-0.2, -0.15) is 4.98 Å². The highest BCUT2D eigenvalue weighted by Crippen LogP contribution is 2.23. The van der Waals surface area contributed by atoms with Crippen LogP contribution in [0.3, 0.4) is 0 Å². The van der Waals surface area contributed by atoms with Crippen molar-refractivity contribution in [3.8, 4) is 5.75 Å². The zero-order chi connectivity index (χ0) is 27.4. The van der Waals surface area contributed by atoms with Gasteiger partial charge >= 0.3 is 0 Å². The molecular formula is C25H27F2N5O6. The molecule has 4 rings (SSSR count). The van der Waals surface area contributed by atoms with Crippen LogP contribution in [0.15, 0.2) is 40.1 Å². The summed E-state index contributed by atoms with van der Waals surface area (Å²) in [7, 11) is 0. The molecule has 0 bridgehead atoms. The van der Waals surface area contributed by atoms with E-state index in [1.165, 1.54) is 21.8 Å². The van der Waals surface area contributed by atoms with Crippen LogP contribution in [-0.4, -0.2) is 62.4 Å². The number of nitrogens with zero attached hydrogens (tertiary/aromatic N) is 5. The van der Waals surface area contributed by atoms with Crippen LogP contribution >= 0.6 is 0 Å². The number of pyridine rings is 1. The Kier molecular flexibility index (Phi) is 8.15. The highest BCUT2D eigenvalue weighted by atomic mass is 19.1. The number of aryl methyl sites for hydroxylation is 1. The summed E-state index contributed by atoms with van der Waals surface area (Å²) in [6.07, 6.45) is 2.49. The first-order valence-corrected chi connectivity index (χ1v) is 12.0. The summed E-state index contributed by atoms with van der Waals surface area (Å²) in [5.41, 5.74) is -1.60. The molecule has 0 spiro atoms. The molecule has 202 valence electrons. The Morgan fingerprint density at radius 1 is 1.26 bits per heavy atom. The van der Waals surface area contributed by atoms with Gasteiger partial charge in [0, 0.05) is 31.8 Å². The second-order valence-electron chi connectivity index (χ2n) is 9.07. The monoisotopic (exact) mass is 531 g/mol. The summed E-state index contributed by atoms with van der Waals surface area (Å²) in [6.45, 7) is 4.56. The molecule has 3 aromatic rings. The molecule has 0 saturated carbocycles. The Labute approximate surface area is 216 Å². The Morgan fingerprint density at radius 2 is 2.05 bits per heavy atom. The van der Waals surface area contributed by atoms with Gasteiger partial charge in [0.1, 0.15) is 24.8 Å². The minimum absolute atomic E-state index is 0.0284. The molecule has 0 saturated heterocycles. The molecule has 2 aromatic heterocycles. The smallest absolute Gasteiger partial charge is 0.277 e. The zero-order valence-corrected chi connectivity index (χ0v) is 20.9. The number of rotatable bonds is 11. The molecule has 3 heterocycles. The normalized spacial score (nSPS) is 13.3. The molecule has 13 heteroatoms. The topological polar surface area (TPSA) is 131 Å². The van der Waals surface area contributed by atoms with Crippen LogP contribution in [0, 0.1) is 11.6 Å². The summed E-state index contributed by atoms with van der Waals surface area (Å²) in [5, 5.41) is 16.1. The zero-order valence-electron chi connectivity index (χ0n) is 20.9. The molecule has 0 unspecified atom stereocenters. The van der Waals surface area contributed by atoms with Gasteiger partial charge in [0.2, 0.25) is 11.8 Å². The number of hydrogen-bond donors (Lipinski definition) is 1. The van der Waals surface area contributed by atoms with E-state index in [0.717, 1.165) is 12.5 Å². The number of carbonyl (C=O) groups is 2. The quantitative estimate of drug-likeness (QED) is 0.293. The van der Waals surface area contributed by atoms with Gasteiger partial charge in [-0.1, -0.05) is 11.2 Å². The number of aromatic nitrogens is 3. The third kappa shape index (κ3) is 5.88. The van der Waals surface area contributed by atoms with Crippen molar-refractivity contribution in [3.63, 3.8) is 0 Å². The SMILES string of the molecule is CC(C)OCCCN1CN(Cc2ncon2)n2cc(C(=O)CCc3ccc(F)cc3F)c(=O)c(O)c2C1=O. The predicted molar refractivity (Wildman–Crippen MR) is 129 cm³/mol. The standard InChI is InChI=1S/C25H27F2N5O6/c1-15(2)37-9-3-8-30-14-31(12-21-28-13-38-29-21)32-11-18(23(34)24(35)22(32)25(30)36)20(33)7-5-16-4-6-17(26)10-19(16)27/h4,6,10-11,13,15,35H,3,5,7-9,12,14H2,1-2H3. The van der Waals surface area contributed by atoms with Crippen molar-refractivity contribution >= 4 is 11.7 Å².